The molecule has 0 bridgehead atoms. The van der Waals surface area contributed by atoms with Gasteiger partial charge < -0.3 is 14.6 Å². The van der Waals surface area contributed by atoms with Crippen LogP contribution in [0.15, 0.2) is 41.3 Å². The van der Waals surface area contributed by atoms with Crippen molar-refractivity contribution in [3.05, 3.63) is 63.0 Å². The first-order valence-electron chi connectivity index (χ1n) is 9.42. The Labute approximate surface area is 188 Å². The van der Waals surface area contributed by atoms with E-state index in [1.807, 2.05) is 6.92 Å². The van der Waals surface area contributed by atoms with Gasteiger partial charge >= 0.3 is 5.97 Å². The van der Waals surface area contributed by atoms with Gasteiger partial charge in [0.25, 0.3) is 11.1 Å². The van der Waals surface area contributed by atoms with Crippen molar-refractivity contribution in [3.63, 3.8) is 0 Å². The van der Waals surface area contributed by atoms with Crippen LogP contribution in [-0.4, -0.2) is 40.8 Å². The highest BCUT2D eigenvalue weighted by molar-refractivity contribution is 8.18. The molecule has 2 aromatic carbocycles. The average molecular weight is 462 g/mol. The zero-order chi connectivity index (χ0) is 22.5. The molecule has 31 heavy (non-hydrogen) atoms. The lowest BCUT2D eigenvalue weighted by Gasteiger charge is -2.14. The maximum Gasteiger partial charge on any atom is 0.335 e. The third-order valence-corrected chi connectivity index (χ3v) is 5.62. The van der Waals surface area contributed by atoms with Crippen LogP contribution < -0.4 is 9.47 Å². The lowest BCUT2D eigenvalue weighted by atomic mass is 10.1. The summed E-state index contributed by atoms with van der Waals surface area (Å²) < 4.78 is 11.2. The third-order valence-electron chi connectivity index (χ3n) is 4.43. The van der Waals surface area contributed by atoms with Crippen LogP contribution in [0.1, 0.15) is 34.8 Å². The van der Waals surface area contributed by atoms with Gasteiger partial charge in [0.2, 0.25) is 0 Å². The number of hydrogen-bond donors (Lipinski definition) is 1. The molecule has 0 spiro atoms. The number of ether oxygens (including phenoxy) is 2. The maximum atomic E-state index is 12.4. The first kappa shape index (κ1) is 22.7. The van der Waals surface area contributed by atoms with Gasteiger partial charge in [0.05, 0.1) is 22.6 Å². The second kappa shape index (κ2) is 9.89. The van der Waals surface area contributed by atoms with Gasteiger partial charge in [0.15, 0.2) is 11.5 Å². The molecular weight excluding hydrogens is 442 g/mol. The summed E-state index contributed by atoms with van der Waals surface area (Å²) in [7, 11) is 1.46. The van der Waals surface area contributed by atoms with Crippen molar-refractivity contribution in [3.8, 4) is 11.5 Å². The van der Waals surface area contributed by atoms with E-state index in [1.165, 1.54) is 24.1 Å². The van der Waals surface area contributed by atoms with Gasteiger partial charge in [0.1, 0.15) is 6.61 Å². The Morgan fingerprint density at radius 1 is 1.26 bits per heavy atom. The number of aromatic carboxylic acids is 1. The van der Waals surface area contributed by atoms with Crippen molar-refractivity contribution in [2.24, 2.45) is 0 Å². The molecule has 0 radical (unpaired) electrons. The summed E-state index contributed by atoms with van der Waals surface area (Å²) in [6.07, 6.45) is 2.28. The van der Waals surface area contributed by atoms with Gasteiger partial charge in [-0.3, -0.25) is 14.5 Å². The van der Waals surface area contributed by atoms with Crippen LogP contribution in [0.3, 0.4) is 0 Å². The zero-order valence-electron chi connectivity index (χ0n) is 16.9. The largest absolute Gasteiger partial charge is 0.493 e. The molecule has 1 saturated heterocycles. The summed E-state index contributed by atoms with van der Waals surface area (Å²) in [6, 6.07) is 9.66. The molecule has 2 amide bonds. The molecule has 1 heterocycles. The van der Waals surface area contributed by atoms with E-state index in [-0.39, 0.29) is 28.3 Å². The number of thioether (sulfide) groups is 1. The normalized spacial score (nSPS) is 14.9. The number of benzene rings is 2. The number of carbonyl (C=O) groups excluding carboxylic acids is 2. The molecule has 0 unspecified atom stereocenters. The van der Waals surface area contributed by atoms with Gasteiger partial charge in [0, 0.05) is 6.54 Å². The van der Waals surface area contributed by atoms with Gasteiger partial charge in [-0.1, -0.05) is 30.7 Å². The second-order valence-electron chi connectivity index (χ2n) is 6.66. The number of hydrogen-bond acceptors (Lipinski definition) is 6. The molecule has 0 aliphatic carbocycles. The Hall–Kier alpha value is -2.97. The van der Waals surface area contributed by atoms with Crippen molar-refractivity contribution in [2.45, 2.75) is 20.0 Å². The Balaban J connectivity index is 1.82. The molecule has 7 nitrogen and oxygen atoms in total. The fourth-order valence-electron chi connectivity index (χ4n) is 2.98. The highest BCUT2D eigenvalue weighted by Crippen LogP contribution is 2.39. The maximum absolute atomic E-state index is 12.4. The number of carboxylic acid groups (broad SMARTS) is 1. The molecule has 1 aliphatic heterocycles. The Kier molecular flexibility index (Phi) is 7.25. The Morgan fingerprint density at radius 3 is 2.71 bits per heavy atom. The number of rotatable bonds is 8. The van der Waals surface area contributed by atoms with E-state index in [9.17, 15) is 14.4 Å². The molecule has 2 aromatic rings. The minimum absolute atomic E-state index is 0.0897. The molecule has 1 aliphatic rings. The number of carbonyl (C=O) groups is 3. The quantitative estimate of drug-likeness (QED) is 0.548. The second-order valence-corrected chi connectivity index (χ2v) is 8.06. The number of carboxylic acids is 1. The predicted octanol–water partition coefficient (Wildman–Crippen LogP) is 5.07. The minimum Gasteiger partial charge on any atom is -0.493 e. The molecule has 3 rings (SSSR count). The minimum atomic E-state index is -1.02. The van der Waals surface area contributed by atoms with E-state index in [1.54, 1.807) is 30.3 Å². The monoisotopic (exact) mass is 461 g/mol. The first-order valence-corrected chi connectivity index (χ1v) is 10.6. The fourth-order valence-corrected chi connectivity index (χ4v) is 4.12. The van der Waals surface area contributed by atoms with Crippen LogP contribution in [0.25, 0.3) is 6.08 Å². The van der Waals surface area contributed by atoms with E-state index in [0.29, 0.717) is 40.5 Å². The van der Waals surface area contributed by atoms with Crippen LogP contribution in [0, 0.1) is 0 Å². The topological polar surface area (TPSA) is 93.1 Å². The molecule has 0 saturated carbocycles. The van der Waals surface area contributed by atoms with Crippen molar-refractivity contribution < 1.29 is 29.0 Å². The summed E-state index contributed by atoms with van der Waals surface area (Å²) in [6.45, 7) is 2.36. The van der Waals surface area contributed by atoms with Crippen molar-refractivity contribution in [2.75, 3.05) is 13.7 Å². The highest BCUT2D eigenvalue weighted by Gasteiger charge is 2.34. The summed E-state index contributed by atoms with van der Waals surface area (Å²) in [5.41, 5.74) is 1.40. The number of imide groups is 1. The summed E-state index contributed by atoms with van der Waals surface area (Å²) in [5, 5.41) is 9.08. The number of nitrogens with zero attached hydrogens (tertiary/aromatic N) is 1. The average Bonchev–Trinajstić information content (AvgIpc) is 3.00. The van der Waals surface area contributed by atoms with Crippen LogP contribution in [0.5, 0.6) is 11.5 Å². The van der Waals surface area contributed by atoms with Crippen LogP contribution in [-0.2, 0) is 11.4 Å². The standard InChI is InChI=1S/C22H20ClNO6S/c1-3-7-24-20(25)18(31-22(24)28)11-14-9-16(23)19(17(10-14)29-2)30-12-13-5-4-6-15(8-13)21(26)27/h4-6,8-11H,3,7,12H2,1-2H3,(H,26,27)/b18-11+. The first-order chi connectivity index (χ1) is 14.8. The van der Waals surface area contributed by atoms with E-state index in [4.69, 9.17) is 26.2 Å². The van der Waals surface area contributed by atoms with Crippen molar-refractivity contribution in [1.82, 2.24) is 4.90 Å². The fraction of sp³-hybridized carbons (Fsp3) is 0.227. The van der Waals surface area contributed by atoms with E-state index < -0.39 is 5.97 Å². The lowest BCUT2D eigenvalue weighted by Crippen LogP contribution is -2.28. The number of amides is 2. The van der Waals surface area contributed by atoms with Gasteiger partial charge in [-0.05, 0) is 59.7 Å². The molecule has 1 N–H and O–H groups in total. The SMILES string of the molecule is CCCN1C(=O)S/C(=C/c2cc(Cl)c(OCc3cccc(C(=O)O)c3)c(OC)c2)C1=O. The molecule has 0 aromatic heterocycles. The summed E-state index contributed by atoms with van der Waals surface area (Å²) >= 11 is 7.28. The predicted molar refractivity (Wildman–Crippen MR) is 119 cm³/mol. The van der Waals surface area contributed by atoms with Crippen LogP contribution in [0.4, 0.5) is 4.79 Å². The molecule has 1 fully saturated rings. The highest BCUT2D eigenvalue weighted by atomic mass is 35.5. The van der Waals surface area contributed by atoms with Gasteiger partial charge in [-0.15, -0.1) is 0 Å². The molecule has 9 heteroatoms. The summed E-state index contributed by atoms with van der Waals surface area (Å²) in [4.78, 5) is 37.1. The molecular formula is C22H20ClNO6S. The number of halogens is 1. The van der Waals surface area contributed by atoms with Gasteiger partial charge in [-0.2, -0.15) is 0 Å². The third kappa shape index (κ3) is 5.21. The van der Waals surface area contributed by atoms with Gasteiger partial charge in [-0.25, -0.2) is 4.79 Å². The Bertz CT molecular complexity index is 1070. The van der Waals surface area contributed by atoms with Crippen LogP contribution in [0.2, 0.25) is 5.02 Å². The lowest BCUT2D eigenvalue weighted by molar-refractivity contribution is -0.122. The Morgan fingerprint density at radius 2 is 2.03 bits per heavy atom. The molecule has 0 atom stereocenters. The van der Waals surface area contributed by atoms with E-state index >= 15 is 0 Å². The summed E-state index contributed by atoms with van der Waals surface area (Å²) in [5.74, 6) is -0.710. The van der Waals surface area contributed by atoms with E-state index in [2.05, 4.69) is 0 Å². The van der Waals surface area contributed by atoms with Crippen molar-refractivity contribution >= 4 is 46.6 Å². The van der Waals surface area contributed by atoms with Crippen molar-refractivity contribution in [1.29, 1.82) is 0 Å². The smallest absolute Gasteiger partial charge is 0.335 e. The molecule has 162 valence electrons. The zero-order valence-corrected chi connectivity index (χ0v) is 18.5. The number of methoxy groups -OCH3 is 1. The van der Waals surface area contributed by atoms with Crippen LogP contribution >= 0.6 is 23.4 Å². The van der Waals surface area contributed by atoms with E-state index in [0.717, 1.165) is 11.8 Å².